The van der Waals surface area contributed by atoms with Crippen molar-refractivity contribution in [2.45, 2.75) is 39.8 Å². The molecule has 1 saturated heterocycles. The lowest BCUT2D eigenvalue weighted by molar-refractivity contribution is -0.150. The van der Waals surface area contributed by atoms with Gasteiger partial charge in [0.15, 0.2) is 11.5 Å². The van der Waals surface area contributed by atoms with Gasteiger partial charge in [-0.05, 0) is 19.3 Å². The second-order valence-electron chi connectivity index (χ2n) is 8.34. The molecular formula is C22H33N6O9P. The van der Waals surface area contributed by atoms with Crippen LogP contribution in [-0.4, -0.2) is 91.1 Å². The summed E-state index contributed by atoms with van der Waals surface area (Å²) in [5.41, 5.74) is 6.93. The molecule has 3 rings (SSSR count). The Labute approximate surface area is 219 Å². The Bertz CT molecular complexity index is 1170. The molecule has 0 amide bonds. The van der Waals surface area contributed by atoms with Gasteiger partial charge >= 0.3 is 17.9 Å². The van der Waals surface area contributed by atoms with E-state index in [1.807, 2.05) is 13.8 Å². The summed E-state index contributed by atoms with van der Waals surface area (Å²) in [6.45, 7) is 7.39. The summed E-state index contributed by atoms with van der Waals surface area (Å²) < 4.78 is 33.6. The molecule has 16 heteroatoms. The van der Waals surface area contributed by atoms with E-state index in [-0.39, 0.29) is 31.4 Å². The average molecular weight is 557 g/mol. The summed E-state index contributed by atoms with van der Waals surface area (Å²) in [7, 11) is -3.33. The summed E-state index contributed by atoms with van der Waals surface area (Å²) in [6.07, 6.45) is 4.68. The molecule has 2 aromatic heterocycles. The molecule has 3 heterocycles. The topological polar surface area (TPSA) is 209 Å². The summed E-state index contributed by atoms with van der Waals surface area (Å²) in [5.74, 6) is -2.67. The van der Waals surface area contributed by atoms with Gasteiger partial charge in [-0.25, -0.2) is 29.2 Å². The molecule has 38 heavy (non-hydrogen) atoms. The van der Waals surface area contributed by atoms with Crippen LogP contribution in [0.2, 0.25) is 0 Å². The fourth-order valence-electron chi connectivity index (χ4n) is 3.61. The van der Waals surface area contributed by atoms with Crippen LogP contribution in [0.1, 0.15) is 27.2 Å². The number of aromatic nitrogens is 4. The van der Waals surface area contributed by atoms with Gasteiger partial charge in [0.25, 0.3) is 7.52 Å². The zero-order valence-corrected chi connectivity index (χ0v) is 22.3. The molecule has 0 radical (unpaired) electrons. The monoisotopic (exact) mass is 556 g/mol. The molecular weight excluding hydrogens is 523 g/mol. The second kappa shape index (κ2) is 14.5. The van der Waals surface area contributed by atoms with Crippen LogP contribution in [0.15, 0.2) is 24.8 Å². The first-order valence-electron chi connectivity index (χ1n) is 11.8. The Kier molecular flexibility index (Phi) is 11.8. The molecule has 1 aliphatic heterocycles. The summed E-state index contributed by atoms with van der Waals surface area (Å²) in [5, 5.41) is 15.6. The number of hydrogen-bond acceptors (Lipinski definition) is 11. The van der Waals surface area contributed by atoms with Gasteiger partial charge in [-0.1, -0.05) is 13.8 Å². The third-order valence-corrected chi connectivity index (χ3v) is 7.55. The average Bonchev–Trinajstić information content (AvgIpc) is 3.27. The minimum Gasteiger partial charge on any atom is -0.478 e. The number of hydrogen-bond donors (Lipinski definition) is 3. The zero-order valence-electron chi connectivity index (χ0n) is 21.4. The summed E-state index contributed by atoms with van der Waals surface area (Å²) in [4.78, 5) is 43.9. The van der Waals surface area contributed by atoms with E-state index in [4.69, 9.17) is 29.9 Å². The Morgan fingerprint density at radius 3 is 2.50 bits per heavy atom. The molecule has 0 spiro atoms. The number of anilines is 1. The highest BCUT2D eigenvalue weighted by Gasteiger charge is 2.44. The van der Waals surface area contributed by atoms with Gasteiger partial charge in [0.1, 0.15) is 24.2 Å². The molecule has 2 aromatic rings. The maximum atomic E-state index is 13.6. The molecule has 1 aliphatic rings. The number of imidazole rings is 1. The lowest BCUT2D eigenvalue weighted by atomic mass is 10.0. The first-order chi connectivity index (χ1) is 18.0. The highest BCUT2D eigenvalue weighted by Crippen LogP contribution is 2.55. The normalized spacial score (nSPS) is 18.7. The Morgan fingerprint density at radius 2 is 1.89 bits per heavy atom. The van der Waals surface area contributed by atoms with Crippen molar-refractivity contribution >= 4 is 42.4 Å². The second-order valence-corrected chi connectivity index (χ2v) is 10.6. The van der Waals surface area contributed by atoms with Crippen molar-refractivity contribution in [3.8, 4) is 0 Å². The number of esters is 1. The lowest BCUT2D eigenvalue weighted by Crippen LogP contribution is -2.47. The predicted molar refractivity (Wildman–Crippen MR) is 135 cm³/mol. The standard InChI is InChI=1S/C18H29N6O5P.C4H4O4/c1-4-28-18(25)15(13(2)3)24-6-5-8-29-30(24,26)12-27-9-7-23-11-22-14-16(19)20-10-21-17(14)23;5-3(6)1-2-4(7)8/h10-11,13,15H,4-9,12H2,1-3H3,(H2,19,20,21);1-2H,(H,5,6)(H,7,8)/b;2-1+/t15-,30-;/m1./s1. The molecule has 0 unspecified atom stereocenters. The number of ether oxygens (including phenoxy) is 2. The molecule has 0 saturated carbocycles. The minimum atomic E-state index is -3.33. The fourth-order valence-corrected chi connectivity index (χ4v) is 5.95. The van der Waals surface area contributed by atoms with Crippen molar-refractivity contribution in [3.05, 3.63) is 24.8 Å². The molecule has 4 N–H and O–H groups in total. The van der Waals surface area contributed by atoms with E-state index in [9.17, 15) is 18.9 Å². The predicted octanol–water partition coefficient (Wildman–Crippen LogP) is 1.60. The van der Waals surface area contributed by atoms with Crippen LogP contribution < -0.4 is 5.73 Å². The Balaban J connectivity index is 0.000000550. The van der Waals surface area contributed by atoms with E-state index in [1.165, 1.54) is 6.33 Å². The molecule has 2 atom stereocenters. The van der Waals surface area contributed by atoms with Crippen molar-refractivity contribution in [1.82, 2.24) is 24.2 Å². The van der Waals surface area contributed by atoms with Crippen molar-refractivity contribution in [2.75, 3.05) is 38.4 Å². The van der Waals surface area contributed by atoms with Crippen LogP contribution in [0.5, 0.6) is 0 Å². The highest BCUT2D eigenvalue weighted by atomic mass is 31.2. The van der Waals surface area contributed by atoms with Gasteiger partial charge in [0, 0.05) is 25.2 Å². The largest absolute Gasteiger partial charge is 0.478 e. The highest BCUT2D eigenvalue weighted by molar-refractivity contribution is 7.56. The minimum absolute atomic E-state index is 0.0819. The first kappa shape index (κ1) is 30.8. The van der Waals surface area contributed by atoms with Crippen LogP contribution in [0, 0.1) is 5.92 Å². The number of nitrogens with two attached hydrogens (primary N) is 1. The summed E-state index contributed by atoms with van der Waals surface area (Å²) >= 11 is 0. The van der Waals surface area contributed by atoms with Gasteiger partial charge in [-0.3, -0.25) is 9.36 Å². The number of carboxylic acids is 2. The number of fused-ring (bicyclic) bond motifs is 1. The quantitative estimate of drug-likeness (QED) is 0.155. The number of rotatable bonds is 11. The third kappa shape index (κ3) is 8.58. The van der Waals surface area contributed by atoms with Crippen molar-refractivity contribution in [3.63, 3.8) is 0 Å². The van der Waals surface area contributed by atoms with Gasteiger partial charge in [-0.15, -0.1) is 0 Å². The van der Waals surface area contributed by atoms with Crippen molar-refractivity contribution in [2.24, 2.45) is 5.92 Å². The maximum absolute atomic E-state index is 13.6. The molecule has 1 fully saturated rings. The maximum Gasteiger partial charge on any atom is 0.328 e. The van der Waals surface area contributed by atoms with Crippen LogP contribution in [0.4, 0.5) is 5.82 Å². The van der Waals surface area contributed by atoms with Crippen molar-refractivity contribution < 1.29 is 43.2 Å². The molecule has 0 aromatic carbocycles. The van der Waals surface area contributed by atoms with Crippen LogP contribution >= 0.6 is 7.52 Å². The van der Waals surface area contributed by atoms with E-state index in [0.717, 1.165) is 0 Å². The van der Waals surface area contributed by atoms with Crippen LogP contribution in [0.25, 0.3) is 11.2 Å². The van der Waals surface area contributed by atoms with E-state index < -0.39 is 25.5 Å². The van der Waals surface area contributed by atoms with Crippen LogP contribution in [-0.2, 0) is 39.5 Å². The first-order valence-corrected chi connectivity index (χ1v) is 13.6. The number of nitrogens with zero attached hydrogens (tertiary/aromatic N) is 5. The Hall–Kier alpha value is -3.39. The Morgan fingerprint density at radius 1 is 1.21 bits per heavy atom. The fraction of sp³-hybridized carbons (Fsp3) is 0.545. The number of carbonyl (C=O) groups excluding carboxylic acids is 1. The SMILES string of the molecule is CCOC(=O)[C@@H](C(C)C)N1CCCO[P@]1(=O)COCCn1cnc2c(N)ncnc21.O=C(O)/C=C/C(=O)O. The number of nitrogen functional groups attached to an aromatic ring is 1. The number of carbonyl (C=O) groups is 3. The lowest BCUT2D eigenvalue weighted by Gasteiger charge is -2.40. The van der Waals surface area contributed by atoms with Crippen molar-refractivity contribution in [1.29, 1.82) is 0 Å². The zero-order chi connectivity index (χ0) is 28.3. The van der Waals surface area contributed by atoms with Crippen LogP contribution in [0.3, 0.4) is 0 Å². The van der Waals surface area contributed by atoms with Gasteiger partial charge in [-0.2, -0.15) is 0 Å². The van der Waals surface area contributed by atoms with E-state index in [2.05, 4.69) is 15.0 Å². The summed E-state index contributed by atoms with van der Waals surface area (Å²) in [6, 6.07) is -0.642. The number of aliphatic carboxylic acids is 2. The van der Waals surface area contributed by atoms with E-state index in [1.54, 1.807) is 22.5 Å². The smallest absolute Gasteiger partial charge is 0.328 e. The van der Waals surface area contributed by atoms with E-state index in [0.29, 0.717) is 55.3 Å². The molecule has 15 nitrogen and oxygen atoms in total. The van der Waals surface area contributed by atoms with E-state index >= 15 is 0 Å². The molecule has 0 aliphatic carbocycles. The number of carboxylic acid groups (broad SMARTS) is 2. The van der Waals surface area contributed by atoms with Gasteiger partial charge < -0.3 is 34.5 Å². The molecule has 210 valence electrons. The third-order valence-electron chi connectivity index (χ3n) is 5.23. The van der Waals surface area contributed by atoms with Gasteiger partial charge in [0.05, 0.1) is 26.1 Å². The van der Waals surface area contributed by atoms with Gasteiger partial charge in [0.2, 0.25) is 0 Å². The molecule has 0 bridgehead atoms.